The molecule has 1 rings (SSSR count). The van der Waals surface area contributed by atoms with Crippen LogP contribution in [0.5, 0.6) is 0 Å². The molecule has 0 saturated heterocycles. The van der Waals surface area contributed by atoms with Gasteiger partial charge in [-0.25, -0.2) is 0 Å². The molecule has 0 aliphatic heterocycles. The lowest BCUT2D eigenvalue weighted by Gasteiger charge is -2.27. The highest BCUT2D eigenvalue weighted by Gasteiger charge is 2.18. The fraction of sp³-hybridized carbons (Fsp3) is 0.417. The van der Waals surface area contributed by atoms with Crippen LogP contribution in [0.3, 0.4) is 0 Å². The Balaban J connectivity index is 2.86. The predicted molar refractivity (Wildman–Crippen MR) is 68.4 cm³/mol. The van der Waals surface area contributed by atoms with Crippen molar-refractivity contribution in [2.45, 2.75) is 19.4 Å². The lowest BCUT2D eigenvalue weighted by molar-refractivity contribution is 0.158. The molecule has 0 unspecified atom stereocenters. The topological polar surface area (TPSA) is 45.0 Å². The van der Waals surface area contributed by atoms with Crippen LogP contribution in [0.25, 0.3) is 0 Å². The van der Waals surface area contributed by atoms with Crippen LogP contribution in [-0.2, 0) is 4.74 Å². The Morgan fingerprint density at radius 3 is 2.69 bits per heavy atom. The number of anilines is 1. The number of ether oxygens (including phenoxy) is 1. The number of rotatable bonds is 4. The van der Waals surface area contributed by atoms with E-state index in [4.69, 9.17) is 10.00 Å². The lowest BCUT2D eigenvalue weighted by atomic mass is 10.1. The lowest BCUT2D eigenvalue weighted by Crippen LogP contribution is -2.35. The number of hydrogen-bond acceptors (Lipinski definition) is 3. The Morgan fingerprint density at radius 1 is 1.50 bits per heavy atom. The third-order valence-electron chi connectivity index (χ3n) is 2.08. The summed E-state index contributed by atoms with van der Waals surface area (Å²) in [5, 5.41) is 12.1. The normalized spacial score (nSPS) is 10.9. The first-order valence-electron chi connectivity index (χ1n) is 4.95. The molecule has 0 atom stereocenters. The molecule has 0 bridgehead atoms. The standard InChI is InChI=1S/C12H15BrN2O/c1-12(2,8-16-3)15-11-5-4-9(7-14)6-10(11)13/h4-6,15H,8H2,1-3H3. The summed E-state index contributed by atoms with van der Waals surface area (Å²) in [6.07, 6.45) is 0. The van der Waals surface area contributed by atoms with Gasteiger partial charge in [-0.05, 0) is 48.0 Å². The summed E-state index contributed by atoms with van der Waals surface area (Å²) in [6, 6.07) is 7.57. The molecule has 0 aromatic heterocycles. The fourth-order valence-electron chi connectivity index (χ4n) is 1.45. The second kappa shape index (κ2) is 5.33. The van der Waals surface area contributed by atoms with Gasteiger partial charge in [0.15, 0.2) is 0 Å². The first kappa shape index (κ1) is 13.0. The monoisotopic (exact) mass is 282 g/mol. The van der Waals surface area contributed by atoms with Gasteiger partial charge in [-0.3, -0.25) is 0 Å². The van der Waals surface area contributed by atoms with Crippen LogP contribution in [0.4, 0.5) is 5.69 Å². The maximum atomic E-state index is 8.76. The first-order valence-corrected chi connectivity index (χ1v) is 5.74. The zero-order valence-corrected chi connectivity index (χ0v) is 11.3. The van der Waals surface area contributed by atoms with Gasteiger partial charge in [-0.15, -0.1) is 0 Å². The number of hydrogen-bond donors (Lipinski definition) is 1. The summed E-state index contributed by atoms with van der Waals surface area (Å²) in [5.41, 5.74) is 1.45. The highest BCUT2D eigenvalue weighted by molar-refractivity contribution is 9.10. The van der Waals surface area contributed by atoms with Gasteiger partial charge in [-0.2, -0.15) is 5.26 Å². The van der Waals surface area contributed by atoms with Crippen molar-refractivity contribution in [2.75, 3.05) is 19.0 Å². The van der Waals surface area contributed by atoms with E-state index < -0.39 is 0 Å². The number of nitriles is 1. The summed E-state index contributed by atoms with van der Waals surface area (Å²) >= 11 is 3.44. The Labute approximate surface area is 105 Å². The highest BCUT2D eigenvalue weighted by Crippen LogP contribution is 2.26. The quantitative estimate of drug-likeness (QED) is 0.923. The Kier molecular flexibility index (Phi) is 4.34. The van der Waals surface area contributed by atoms with Crippen molar-refractivity contribution in [1.29, 1.82) is 5.26 Å². The minimum absolute atomic E-state index is 0.147. The van der Waals surface area contributed by atoms with E-state index in [0.29, 0.717) is 12.2 Å². The number of methoxy groups -OCH3 is 1. The largest absolute Gasteiger partial charge is 0.382 e. The smallest absolute Gasteiger partial charge is 0.0992 e. The van der Waals surface area contributed by atoms with Crippen molar-refractivity contribution in [3.8, 4) is 6.07 Å². The summed E-state index contributed by atoms with van der Waals surface area (Å²) in [5.74, 6) is 0. The first-order chi connectivity index (χ1) is 7.48. The third kappa shape index (κ3) is 3.51. The molecule has 0 aliphatic rings. The molecule has 1 aromatic carbocycles. The van der Waals surface area contributed by atoms with E-state index in [1.807, 2.05) is 6.07 Å². The van der Waals surface area contributed by atoms with E-state index in [0.717, 1.165) is 10.2 Å². The zero-order chi connectivity index (χ0) is 12.2. The van der Waals surface area contributed by atoms with Crippen molar-refractivity contribution in [3.63, 3.8) is 0 Å². The van der Waals surface area contributed by atoms with Crippen LogP contribution in [0, 0.1) is 11.3 Å². The van der Waals surface area contributed by atoms with Gasteiger partial charge < -0.3 is 10.1 Å². The molecule has 86 valence electrons. The van der Waals surface area contributed by atoms with Gasteiger partial charge in [0.1, 0.15) is 0 Å². The summed E-state index contributed by atoms with van der Waals surface area (Å²) in [4.78, 5) is 0. The van der Waals surface area contributed by atoms with Crippen molar-refractivity contribution < 1.29 is 4.74 Å². The van der Waals surface area contributed by atoms with Crippen LogP contribution in [0.2, 0.25) is 0 Å². The Hall–Kier alpha value is -1.05. The minimum Gasteiger partial charge on any atom is -0.382 e. The Bertz CT molecular complexity index is 410. The molecule has 0 aliphatic carbocycles. The number of nitrogens with one attached hydrogen (secondary N) is 1. The molecule has 0 amide bonds. The SMILES string of the molecule is COCC(C)(C)Nc1ccc(C#N)cc1Br. The number of nitrogens with zero attached hydrogens (tertiary/aromatic N) is 1. The van der Waals surface area contributed by atoms with E-state index in [1.165, 1.54) is 0 Å². The third-order valence-corrected chi connectivity index (χ3v) is 2.73. The molecule has 3 nitrogen and oxygen atoms in total. The molecule has 0 saturated carbocycles. The zero-order valence-electron chi connectivity index (χ0n) is 9.67. The maximum Gasteiger partial charge on any atom is 0.0992 e. The molecule has 4 heteroatoms. The summed E-state index contributed by atoms with van der Waals surface area (Å²) in [6.45, 7) is 4.72. The van der Waals surface area contributed by atoms with Crippen LogP contribution in [0.1, 0.15) is 19.4 Å². The van der Waals surface area contributed by atoms with Crippen molar-refractivity contribution in [1.82, 2.24) is 0 Å². The van der Waals surface area contributed by atoms with Crippen LogP contribution < -0.4 is 5.32 Å². The molecule has 1 N–H and O–H groups in total. The minimum atomic E-state index is -0.147. The van der Waals surface area contributed by atoms with Crippen molar-refractivity contribution in [2.24, 2.45) is 0 Å². The molecule has 1 aromatic rings. The van der Waals surface area contributed by atoms with Crippen LogP contribution >= 0.6 is 15.9 Å². The second-order valence-corrected chi connectivity index (χ2v) is 5.10. The van der Waals surface area contributed by atoms with Gasteiger partial charge in [0.25, 0.3) is 0 Å². The molecular formula is C12H15BrN2O. The van der Waals surface area contributed by atoms with E-state index in [-0.39, 0.29) is 5.54 Å². The molecule has 0 radical (unpaired) electrons. The van der Waals surface area contributed by atoms with E-state index in [1.54, 1.807) is 19.2 Å². The molecular weight excluding hydrogens is 268 g/mol. The average molecular weight is 283 g/mol. The summed E-state index contributed by atoms with van der Waals surface area (Å²) in [7, 11) is 1.68. The predicted octanol–water partition coefficient (Wildman–Crippen LogP) is 3.16. The number of benzene rings is 1. The average Bonchev–Trinajstić information content (AvgIpc) is 2.20. The van der Waals surface area contributed by atoms with Gasteiger partial charge in [-0.1, -0.05) is 0 Å². The van der Waals surface area contributed by atoms with Crippen molar-refractivity contribution >= 4 is 21.6 Å². The van der Waals surface area contributed by atoms with E-state index in [2.05, 4.69) is 41.2 Å². The van der Waals surface area contributed by atoms with Crippen LogP contribution in [-0.4, -0.2) is 19.3 Å². The highest BCUT2D eigenvalue weighted by atomic mass is 79.9. The van der Waals surface area contributed by atoms with Gasteiger partial charge in [0.2, 0.25) is 0 Å². The molecule has 0 spiro atoms. The fourth-order valence-corrected chi connectivity index (χ4v) is 1.93. The van der Waals surface area contributed by atoms with Crippen molar-refractivity contribution in [3.05, 3.63) is 28.2 Å². The van der Waals surface area contributed by atoms with Crippen LogP contribution in [0.15, 0.2) is 22.7 Å². The Morgan fingerprint density at radius 2 is 2.19 bits per heavy atom. The molecule has 0 heterocycles. The maximum absolute atomic E-state index is 8.76. The molecule has 16 heavy (non-hydrogen) atoms. The van der Waals surface area contributed by atoms with E-state index in [9.17, 15) is 0 Å². The number of halogens is 1. The van der Waals surface area contributed by atoms with Gasteiger partial charge in [0, 0.05) is 17.3 Å². The summed E-state index contributed by atoms with van der Waals surface area (Å²) < 4.78 is 6.02. The van der Waals surface area contributed by atoms with Gasteiger partial charge in [0.05, 0.1) is 23.8 Å². The molecule has 0 fully saturated rings. The van der Waals surface area contributed by atoms with E-state index >= 15 is 0 Å². The van der Waals surface area contributed by atoms with Gasteiger partial charge >= 0.3 is 0 Å². The second-order valence-electron chi connectivity index (χ2n) is 4.25.